The van der Waals surface area contributed by atoms with Crippen LogP contribution in [0.25, 0.3) is 5.69 Å². The van der Waals surface area contributed by atoms with E-state index >= 15 is 0 Å². The fourth-order valence-electron chi connectivity index (χ4n) is 1.22. The lowest BCUT2D eigenvalue weighted by atomic mass is 10.3. The Hall–Kier alpha value is -2.17. The van der Waals surface area contributed by atoms with E-state index in [1.807, 2.05) is 19.1 Å². The Morgan fingerprint density at radius 1 is 1.33 bits per heavy atom. The van der Waals surface area contributed by atoms with Crippen LogP contribution in [0.2, 0.25) is 0 Å². The Kier molecular flexibility index (Phi) is 2.21. The molecule has 0 unspecified atom stereocenters. The van der Waals surface area contributed by atoms with Gasteiger partial charge < -0.3 is 5.73 Å². The van der Waals surface area contributed by atoms with Gasteiger partial charge in [-0.3, -0.25) is 9.55 Å². The number of nitrogens with two attached hydrogens (primary N) is 1. The number of aromatic nitrogens is 3. The summed E-state index contributed by atoms with van der Waals surface area (Å²) in [5.74, 6) is 0.219. The largest absolute Gasteiger partial charge is 0.383 e. The number of pyridine rings is 1. The predicted molar refractivity (Wildman–Crippen MR) is 56.8 cm³/mol. The van der Waals surface area contributed by atoms with Crippen molar-refractivity contribution in [1.29, 1.82) is 0 Å². The fourth-order valence-corrected chi connectivity index (χ4v) is 1.22. The van der Waals surface area contributed by atoms with Crippen LogP contribution in [-0.4, -0.2) is 14.5 Å². The molecule has 0 radical (unpaired) electrons. The lowest BCUT2D eigenvalue weighted by molar-refractivity contribution is 0.910. The Labute approximate surface area is 86.2 Å². The summed E-state index contributed by atoms with van der Waals surface area (Å²) in [4.78, 5) is 19.2. The quantitative estimate of drug-likeness (QED) is 0.731. The minimum Gasteiger partial charge on any atom is -0.383 e. The molecule has 0 aliphatic carbocycles. The van der Waals surface area contributed by atoms with Crippen molar-refractivity contribution in [2.24, 2.45) is 0 Å². The van der Waals surface area contributed by atoms with Crippen molar-refractivity contribution >= 4 is 5.82 Å². The topological polar surface area (TPSA) is 73.8 Å². The first-order valence-electron chi connectivity index (χ1n) is 4.45. The van der Waals surface area contributed by atoms with Crippen molar-refractivity contribution in [1.82, 2.24) is 14.5 Å². The summed E-state index contributed by atoms with van der Waals surface area (Å²) in [6.45, 7) is 1.88. The Morgan fingerprint density at radius 2 is 2.13 bits per heavy atom. The minimum absolute atomic E-state index is 0.219. The smallest absolute Gasteiger partial charge is 0.354 e. The highest BCUT2D eigenvalue weighted by Crippen LogP contribution is 2.03. The van der Waals surface area contributed by atoms with Gasteiger partial charge in [0.15, 0.2) is 0 Å². The average molecular weight is 202 g/mol. The van der Waals surface area contributed by atoms with E-state index < -0.39 is 5.69 Å². The molecular formula is C10H10N4O. The third-order valence-electron chi connectivity index (χ3n) is 2.00. The van der Waals surface area contributed by atoms with Gasteiger partial charge in [0.25, 0.3) is 0 Å². The molecule has 15 heavy (non-hydrogen) atoms. The van der Waals surface area contributed by atoms with Crippen LogP contribution >= 0.6 is 0 Å². The first kappa shape index (κ1) is 9.39. The Balaban J connectivity index is 2.55. The summed E-state index contributed by atoms with van der Waals surface area (Å²) in [6.07, 6.45) is 3.20. The zero-order valence-corrected chi connectivity index (χ0v) is 8.21. The lowest BCUT2D eigenvalue weighted by Crippen LogP contribution is -2.21. The molecule has 5 nitrogen and oxygen atoms in total. The van der Waals surface area contributed by atoms with Crippen LogP contribution in [0.15, 0.2) is 35.4 Å². The third-order valence-corrected chi connectivity index (χ3v) is 2.00. The number of aryl methyl sites for hydroxylation is 1. The van der Waals surface area contributed by atoms with Gasteiger partial charge in [-0.1, -0.05) is 0 Å². The number of anilines is 1. The van der Waals surface area contributed by atoms with Crippen LogP contribution in [0.5, 0.6) is 0 Å². The molecule has 0 amide bonds. The SMILES string of the molecule is Cc1ccc(-n2ccc(N)nc2=O)cn1. The Morgan fingerprint density at radius 3 is 2.73 bits per heavy atom. The van der Waals surface area contributed by atoms with Crippen LogP contribution < -0.4 is 11.4 Å². The van der Waals surface area contributed by atoms with Crippen molar-refractivity contribution < 1.29 is 0 Å². The second-order valence-electron chi connectivity index (χ2n) is 3.16. The van der Waals surface area contributed by atoms with Crippen LogP contribution in [0.1, 0.15) is 5.69 Å². The van der Waals surface area contributed by atoms with Crippen LogP contribution in [0, 0.1) is 6.92 Å². The van der Waals surface area contributed by atoms with Gasteiger partial charge in [-0.15, -0.1) is 0 Å². The van der Waals surface area contributed by atoms with Crippen molar-refractivity contribution in [2.75, 3.05) is 5.73 Å². The summed E-state index contributed by atoms with van der Waals surface area (Å²) in [7, 11) is 0. The molecule has 2 aromatic heterocycles. The molecule has 0 fully saturated rings. The average Bonchev–Trinajstić information content (AvgIpc) is 2.20. The number of rotatable bonds is 1. The summed E-state index contributed by atoms with van der Waals surface area (Å²) >= 11 is 0. The molecule has 0 aromatic carbocycles. The molecule has 0 spiro atoms. The zero-order chi connectivity index (χ0) is 10.8. The van der Waals surface area contributed by atoms with Crippen molar-refractivity contribution in [3.8, 4) is 5.69 Å². The van der Waals surface area contributed by atoms with E-state index in [0.717, 1.165) is 5.69 Å². The van der Waals surface area contributed by atoms with E-state index in [4.69, 9.17) is 5.73 Å². The van der Waals surface area contributed by atoms with Gasteiger partial charge in [0.2, 0.25) is 0 Å². The number of nitrogen functional groups attached to an aromatic ring is 1. The maximum absolute atomic E-state index is 11.5. The van der Waals surface area contributed by atoms with Gasteiger partial charge in [0.1, 0.15) is 5.82 Å². The summed E-state index contributed by atoms with van der Waals surface area (Å²) in [5, 5.41) is 0. The molecule has 0 bridgehead atoms. The van der Waals surface area contributed by atoms with E-state index in [-0.39, 0.29) is 5.82 Å². The van der Waals surface area contributed by atoms with E-state index in [0.29, 0.717) is 5.69 Å². The van der Waals surface area contributed by atoms with Gasteiger partial charge >= 0.3 is 5.69 Å². The molecule has 2 heterocycles. The van der Waals surface area contributed by atoms with E-state index in [9.17, 15) is 4.79 Å². The highest BCUT2D eigenvalue weighted by Gasteiger charge is 2.00. The third kappa shape index (κ3) is 1.85. The highest BCUT2D eigenvalue weighted by atomic mass is 16.1. The lowest BCUT2D eigenvalue weighted by Gasteiger charge is -2.04. The predicted octanol–water partition coefficient (Wildman–Crippen LogP) is 0.518. The van der Waals surface area contributed by atoms with Gasteiger partial charge in [-0.2, -0.15) is 4.98 Å². The first-order valence-corrected chi connectivity index (χ1v) is 4.45. The van der Waals surface area contributed by atoms with Crippen molar-refractivity contribution in [3.05, 3.63) is 46.8 Å². The zero-order valence-electron chi connectivity index (χ0n) is 8.21. The molecule has 0 atom stereocenters. The highest BCUT2D eigenvalue weighted by molar-refractivity contribution is 5.32. The summed E-state index contributed by atoms with van der Waals surface area (Å²) in [5.41, 5.74) is 6.56. The number of hydrogen-bond donors (Lipinski definition) is 1. The summed E-state index contributed by atoms with van der Waals surface area (Å²) in [6, 6.07) is 5.21. The van der Waals surface area contributed by atoms with E-state index in [2.05, 4.69) is 9.97 Å². The summed E-state index contributed by atoms with van der Waals surface area (Å²) < 4.78 is 1.39. The number of hydrogen-bond acceptors (Lipinski definition) is 4. The molecule has 2 N–H and O–H groups in total. The van der Waals surface area contributed by atoms with Gasteiger partial charge in [0, 0.05) is 11.9 Å². The molecule has 76 valence electrons. The van der Waals surface area contributed by atoms with Crippen LogP contribution in [0.4, 0.5) is 5.82 Å². The van der Waals surface area contributed by atoms with Gasteiger partial charge in [-0.25, -0.2) is 4.79 Å². The maximum atomic E-state index is 11.5. The fraction of sp³-hybridized carbons (Fsp3) is 0.100. The molecule has 2 rings (SSSR count). The monoisotopic (exact) mass is 202 g/mol. The minimum atomic E-state index is -0.402. The van der Waals surface area contributed by atoms with Gasteiger partial charge in [-0.05, 0) is 25.1 Å². The van der Waals surface area contributed by atoms with Crippen molar-refractivity contribution in [2.45, 2.75) is 6.92 Å². The number of nitrogens with zero attached hydrogens (tertiary/aromatic N) is 3. The molecule has 0 aliphatic heterocycles. The molecule has 2 aromatic rings. The van der Waals surface area contributed by atoms with E-state index in [1.54, 1.807) is 18.5 Å². The second-order valence-corrected chi connectivity index (χ2v) is 3.16. The van der Waals surface area contributed by atoms with Crippen LogP contribution in [0.3, 0.4) is 0 Å². The normalized spacial score (nSPS) is 10.2. The maximum Gasteiger partial charge on any atom is 0.354 e. The molecule has 0 aliphatic rings. The molecule has 0 saturated carbocycles. The molecular weight excluding hydrogens is 192 g/mol. The van der Waals surface area contributed by atoms with E-state index in [1.165, 1.54) is 4.57 Å². The van der Waals surface area contributed by atoms with Gasteiger partial charge in [0.05, 0.1) is 11.9 Å². The molecule has 0 saturated heterocycles. The first-order chi connectivity index (χ1) is 7.16. The Bertz CT molecular complexity index is 530. The second kappa shape index (κ2) is 3.53. The van der Waals surface area contributed by atoms with Crippen LogP contribution in [-0.2, 0) is 0 Å². The molecule has 5 heteroatoms. The van der Waals surface area contributed by atoms with Crippen molar-refractivity contribution in [3.63, 3.8) is 0 Å². The standard InChI is InChI=1S/C10H10N4O/c1-7-2-3-8(6-12-7)14-5-4-9(11)13-10(14)15/h2-6H,1H3,(H2,11,13,15).